The summed E-state index contributed by atoms with van der Waals surface area (Å²) in [5.74, 6) is -1.11. The number of rotatable bonds is 4. The van der Waals surface area contributed by atoms with Crippen molar-refractivity contribution >= 4 is 11.9 Å². The van der Waals surface area contributed by atoms with Gasteiger partial charge in [0.1, 0.15) is 0 Å². The van der Waals surface area contributed by atoms with Crippen LogP contribution in [0, 0.1) is 0 Å². The molecule has 0 aliphatic carbocycles. The van der Waals surface area contributed by atoms with Crippen LogP contribution in [-0.4, -0.2) is 21.1 Å². The van der Waals surface area contributed by atoms with Gasteiger partial charge in [-0.3, -0.25) is 9.69 Å². The number of benzene rings is 1. The maximum Gasteiger partial charge on any atom is 0.314 e. The van der Waals surface area contributed by atoms with Gasteiger partial charge >= 0.3 is 12.4 Å². The zero-order chi connectivity index (χ0) is 17.4. The Hall–Kier alpha value is -3.10. The molecule has 1 unspecified atom stereocenters. The number of hydrogen-bond donors (Lipinski definition) is 0. The zero-order valence-electron chi connectivity index (χ0n) is 12.8. The number of halogens is 2. The van der Waals surface area contributed by atoms with E-state index in [1.165, 1.54) is 11.1 Å². The van der Waals surface area contributed by atoms with Crippen LogP contribution >= 0.6 is 0 Å². The molecule has 1 aliphatic rings. The maximum atomic E-state index is 12.5. The number of amides is 1. The highest BCUT2D eigenvalue weighted by atomic mass is 19.3. The van der Waals surface area contributed by atoms with Gasteiger partial charge in [-0.1, -0.05) is 30.3 Å². The third-order valence-electron chi connectivity index (χ3n) is 3.93. The summed E-state index contributed by atoms with van der Waals surface area (Å²) in [6, 6.07) is 9.40. The lowest BCUT2D eigenvalue weighted by Crippen LogP contribution is -2.27. The number of aromatic nitrogens is 3. The second-order valence-electron chi connectivity index (χ2n) is 5.48. The van der Waals surface area contributed by atoms with E-state index in [0.29, 0.717) is 12.8 Å². The molecule has 2 aromatic heterocycles. The minimum atomic E-state index is -2.87. The number of hydrogen-bond acceptors (Lipinski definition) is 6. The number of anilines is 1. The van der Waals surface area contributed by atoms with Gasteiger partial charge in [-0.05, 0) is 12.0 Å². The van der Waals surface area contributed by atoms with Crippen LogP contribution in [0.15, 0.2) is 45.4 Å². The van der Waals surface area contributed by atoms with E-state index in [1.54, 1.807) is 0 Å². The Morgan fingerprint density at radius 1 is 1.16 bits per heavy atom. The van der Waals surface area contributed by atoms with Crippen molar-refractivity contribution in [3.8, 4) is 11.7 Å². The number of oxazole rings is 1. The molecule has 1 aromatic carbocycles. The average molecular weight is 346 g/mol. The SMILES string of the molecule is O=C1CCC(c2ccccc2)N1c1ncc(-c2nnc(C(F)F)o2)o1. The minimum absolute atomic E-state index is 0.0286. The second kappa shape index (κ2) is 6.08. The van der Waals surface area contributed by atoms with Gasteiger partial charge in [-0.15, -0.1) is 10.2 Å². The largest absolute Gasteiger partial charge is 0.418 e. The molecular formula is C16H12F2N4O3. The Kier molecular flexibility index (Phi) is 3.75. The number of carbonyl (C=O) groups is 1. The van der Waals surface area contributed by atoms with Gasteiger partial charge in [-0.2, -0.15) is 8.78 Å². The summed E-state index contributed by atoms with van der Waals surface area (Å²) in [7, 11) is 0. The first kappa shape index (κ1) is 15.4. The van der Waals surface area contributed by atoms with Crippen LogP contribution in [0.25, 0.3) is 11.7 Å². The highest BCUT2D eigenvalue weighted by Gasteiger charge is 2.36. The number of alkyl halides is 2. The first-order valence-corrected chi connectivity index (χ1v) is 7.58. The summed E-state index contributed by atoms with van der Waals surface area (Å²) in [5.41, 5.74) is 0.964. The van der Waals surface area contributed by atoms with Crippen molar-refractivity contribution in [3.05, 3.63) is 48.0 Å². The summed E-state index contributed by atoms with van der Waals surface area (Å²) in [5, 5.41) is 6.75. The van der Waals surface area contributed by atoms with E-state index in [9.17, 15) is 13.6 Å². The standard InChI is InChI=1S/C16H12F2N4O3/c17-13(18)15-21-20-14(25-15)11-8-19-16(24-11)22-10(6-7-12(22)23)9-4-2-1-3-5-9/h1-5,8,10,13H,6-7H2. The lowest BCUT2D eigenvalue weighted by atomic mass is 10.1. The third-order valence-corrected chi connectivity index (χ3v) is 3.93. The Labute approximate surface area is 140 Å². The fourth-order valence-electron chi connectivity index (χ4n) is 2.81. The Morgan fingerprint density at radius 2 is 1.96 bits per heavy atom. The van der Waals surface area contributed by atoms with Crippen molar-refractivity contribution in [1.29, 1.82) is 0 Å². The van der Waals surface area contributed by atoms with Gasteiger partial charge < -0.3 is 8.83 Å². The molecule has 3 aromatic rings. The second-order valence-corrected chi connectivity index (χ2v) is 5.48. The van der Waals surface area contributed by atoms with E-state index in [-0.39, 0.29) is 29.6 Å². The monoisotopic (exact) mass is 346 g/mol. The molecule has 9 heteroatoms. The fraction of sp³-hybridized carbons (Fsp3) is 0.250. The molecule has 0 radical (unpaired) electrons. The van der Waals surface area contributed by atoms with Crippen LogP contribution in [-0.2, 0) is 4.79 Å². The van der Waals surface area contributed by atoms with Crippen molar-refractivity contribution in [2.24, 2.45) is 0 Å². The highest BCUT2D eigenvalue weighted by Crippen LogP contribution is 2.37. The molecule has 0 N–H and O–H groups in total. The Morgan fingerprint density at radius 3 is 2.68 bits per heavy atom. The molecule has 3 heterocycles. The molecule has 7 nitrogen and oxygen atoms in total. The molecular weight excluding hydrogens is 334 g/mol. The predicted octanol–water partition coefficient (Wildman–Crippen LogP) is 3.53. The van der Waals surface area contributed by atoms with Crippen molar-refractivity contribution in [2.45, 2.75) is 25.3 Å². The minimum Gasteiger partial charge on any atom is -0.418 e. The summed E-state index contributed by atoms with van der Waals surface area (Å²) in [6.45, 7) is 0. The number of carbonyl (C=O) groups excluding carboxylic acids is 1. The molecule has 0 bridgehead atoms. The molecule has 0 saturated carbocycles. The maximum absolute atomic E-state index is 12.5. The topological polar surface area (TPSA) is 85.3 Å². The quantitative estimate of drug-likeness (QED) is 0.718. The molecule has 1 atom stereocenters. The molecule has 0 spiro atoms. The van der Waals surface area contributed by atoms with Crippen molar-refractivity contribution < 1.29 is 22.4 Å². The first-order valence-electron chi connectivity index (χ1n) is 7.58. The van der Waals surface area contributed by atoms with Gasteiger partial charge in [-0.25, -0.2) is 4.98 Å². The van der Waals surface area contributed by atoms with E-state index in [1.807, 2.05) is 30.3 Å². The Balaban J connectivity index is 1.64. The zero-order valence-corrected chi connectivity index (χ0v) is 12.8. The normalized spacial score (nSPS) is 17.6. The first-order chi connectivity index (χ1) is 12.1. The molecule has 1 fully saturated rings. The van der Waals surface area contributed by atoms with Gasteiger partial charge in [0.25, 0.3) is 11.8 Å². The molecule has 1 saturated heterocycles. The van der Waals surface area contributed by atoms with Gasteiger partial charge in [0, 0.05) is 6.42 Å². The van der Waals surface area contributed by atoms with Crippen molar-refractivity contribution in [1.82, 2.24) is 15.2 Å². The Bertz CT molecular complexity index is 894. The smallest absolute Gasteiger partial charge is 0.314 e. The predicted molar refractivity (Wildman–Crippen MR) is 80.7 cm³/mol. The van der Waals surface area contributed by atoms with E-state index < -0.39 is 12.3 Å². The summed E-state index contributed by atoms with van der Waals surface area (Å²) < 4.78 is 35.4. The van der Waals surface area contributed by atoms with E-state index in [0.717, 1.165) is 5.56 Å². The van der Waals surface area contributed by atoms with Gasteiger partial charge in [0.15, 0.2) is 0 Å². The van der Waals surface area contributed by atoms with E-state index >= 15 is 0 Å². The fourth-order valence-corrected chi connectivity index (χ4v) is 2.81. The van der Waals surface area contributed by atoms with Crippen LogP contribution in [0.5, 0.6) is 0 Å². The molecule has 1 amide bonds. The lowest BCUT2D eigenvalue weighted by molar-refractivity contribution is -0.117. The lowest BCUT2D eigenvalue weighted by Gasteiger charge is -2.21. The highest BCUT2D eigenvalue weighted by molar-refractivity contribution is 5.94. The van der Waals surface area contributed by atoms with Crippen LogP contribution in [0.4, 0.5) is 14.8 Å². The number of nitrogens with zero attached hydrogens (tertiary/aromatic N) is 4. The van der Waals surface area contributed by atoms with Crippen LogP contribution in [0.1, 0.15) is 36.8 Å². The third kappa shape index (κ3) is 2.77. The van der Waals surface area contributed by atoms with Crippen LogP contribution in [0.3, 0.4) is 0 Å². The molecule has 4 rings (SSSR count). The van der Waals surface area contributed by atoms with Crippen LogP contribution in [0.2, 0.25) is 0 Å². The summed E-state index contributed by atoms with van der Waals surface area (Å²) in [6.07, 6.45) is -0.596. The summed E-state index contributed by atoms with van der Waals surface area (Å²) >= 11 is 0. The van der Waals surface area contributed by atoms with Gasteiger partial charge in [0.2, 0.25) is 11.7 Å². The van der Waals surface area contributed by atoms with Crippen LogP contribution < -0.4 is 4.90 Å². The van der Waals surface area contributed by atoms with Crippen molar-refractivity contribution in [3.63, 3.8) is 0 Å². The summed E-state index contributed by atoms with van der Waals surface area (Å²) in [4.78, 5) is 17.8. The van der Waals surface area contributed by atoms with E-state index in [4.69, 9.17) is 8.83 Å². The van der Waals surface area contributed by atoms with Gasteiger partial charge in [0.05, 0.1) is 12.2 Å². The molecule has 1 aliphatic heterocycles. The van der Waals surface area contributed by atoms with Crippen molar-refractivity contribution in [2.75, 3.05) is 4.90 Å². The molecule has 25 heavy (non-hydrogen) atoms. The molecule has 128 valence electrons. The van der Waals surface area contributed by atoms with E-state index in [2.05, 4.69) is 15.2 Å². The average Bonchev–Trinajstić information content (AvgIpc) is 3.34.